The van der Waals surface area contributed by atoms with Gasteiger partial charge in [0.2, 0.25) is 0 Å². The largest absolute Gasteiger partial charge is 0.354 e. The summed E-state index contributed by atoms with van der Waals surface area (Å²) in [4.78, 5) is 23.2. The van der Waals surface area contributed by atoms with Gasteiger partial charge in [0.25, 0.3) is 5.91 Å². The molecule has 1 aromatic carbocycles. The lowest BCUT2D eigenvalue weighted by atomic mass is 10.1. The van der Waals surface area contributed by atoms with Gasteiger partial charge in [-0.15, -0.1) is 11.3 Å². The Kier molecular flexibility index (Phi) is 5.94. The summed E-state index contributed by atoms with van der Waals surface area (Å²) in [6.07, 6.45) is 4.00. The fraction of sp³-hybridized carbons (Fsp3) is 0.429. The Bertz CT molecular complexity index is 908. The zero-order valence-electron chi connectivity index (χ0n) is 16.4. The molecule has 4 rings (SSSR count). The highest BCUT2D eigenvalue weighted by atomic mass is 32.1. The predicted octanol–water partition coefficient (Wildman–Crippen LogP) is 4.34. The van der Waals surface area contributed by atoms with Crippen LogP contribution in [-0.2, 0) is 13.1 Å². The monoisotopic (exact) mass is 414 g/mol. The molecular formula is C21H26N4OS2. The van der Waals surface area contributed by atoms with Gasteiger partial charge in [-0.25, -0.2) is 4.98 Å². The van der Waals surface area contributed by atoms with Gasteiger partial charge in [-0.05, 0) is 43.1 Å². The number of carbonyl (C=O) groups is 1. The maximum Gasteiger partial charge on any atom is 0.261 e. The molecule has 0 bridgehead atoms. The van der Waals surface area contributed by atoms with E-state index in [-0.39, 0.29) is 5.91 Å². The Morgan fingerprint density at radius 3 is 2.50 bits per heavy atom. The lowest BCUT2D eigenvalue weighted by Crippen LogP contribution is -2.29. The number of aromatic nitrogens is 1. The summed E-state index contributed by atoms with van der Waals surface area (Å²) in [7, 11) is 3.96. The van der Waals surface area contributed by atoms with Crippen LogP contribution >= 0.6 is 22.7 Å². The maximum absolute atomic E-state index is 12.5. The molecule has 148 valence electrons. The number of carbonyl (C=O) groups excluding carboxylic acids is 1. The molecule has 0 spiro atoms. The summed E-state index contributed by atoms with van der Waals surface area (Å²) in [5.74, 6) is -0.0287. The second kappa shape index (κ2) is 8.59. The second-order valence-electron chi connectivity index (χ2n) is 7.51. The number of fused-ring (bicyclic) bond motifs is 1. The van der Waals surface area contributed by atoms with Crippen LogP contribution in [0.4, 0.5) is 5.13 Å². The molecule has 7 heteroatoms. The number of thiazole rings is 1. The number of thiophene rings is 1. The van der Waals surface area contributed by atoms with Gasteiger partial charge < -0.3 is 10.2 Å². The first-order chi connectivity index (χ1) is 13.6. The topological polar surface area (TPSA) is 48.5 Å². The SMILES string of the molecule is CN(C)c1nc2sc(C(=O)NCc3ccc(CN4CCCCC4)cc3)cc2s1. The van der Waals surface area contributed by atoms with E-state index in [9.17, 15) is 4.79 Å². The van der Waals surface area contributed by atoms with Crippen LogP contribution in [0.5, 0.6) is 0 Å². The summed E-state index contributed by atoms with van der Waals surface area (Å²) >= 11 is 3.07. The third kappa shape index (κ3) is 4.54. The van der Waals surface area contributed by atoms with Gasteiger partial charge in [0.15, 0.2) is 5.13 Å². The summed E-state index contributed by atoms with van der Waals surface area (Å²) in [5.41, 5.74) is 2.47. The molecule has 1 amide bonds. The molecular weight excluding hydrogens is 388 g/mol. The number of benzene rings is 1. The third-order valence-electron chi connectivity index (χ3n) is 5.02. The minimum Gasteiger partial charge on any atom is -0.354 e. The van der Waals surface area contributed by atoms with Gasteiger partial charge in [0.1, 0.15) is 4.83 Å². The Morgan fingerprint density at radius 2 is 1.82 bits per heavy atom. The zero-order valence-corrected chi connectivity index (χ0v) is 18.0. The van der Waals surface area contributed by atoms with E-state index in [0.717, 1.165) is 31.6 Å². The number of anilines is 1. The smallest absolute Gasteiger partial charge is 0.261 e. The van der Waals surface area contributed by atoms with Gasteiger partial charge in [-0.3, -0.25) is 9.69 Å². The second-order valence-corrected chi connectivity index (χ2v) is 9.55. The molecule has 28 heavy (non-hydrogen) atoms. The molecule has 0 saturated carbocycles. The number of rotatable bonds is 6. The van der Waals surface area contributed by atoms with Gasteiger partial charge in [0.05, 0.1) is 9.58 Å². The number of amides is 1. The van der Waals surface area contributed by atoms with Gasteiger partial charge in [-0.2, -0.15) is 0 Å². The summed E-state index contributed by atoms with van der Waals surface area (Å²) in [6.45, 7) is 3.99. The molecule has 0 radical (unpaired) electrons. The third-order valence-corrected chi connectivity index (χ3v) is 7.34. The Morgan fingerprint density at radius 1 is 1.11 bits per heavy atom. The minimum absolute atomic E-state index is 0.0287. The highest BCUT2D eigenvalue weighted by molar-refractivity contribution is 7.29. The van der Waals surface area contributed by atoms with E-state index in [2.05, 4.69) is 39.5 Å². The number of likely N-dealkylation sites (tertiary alicyclic amines) is 1. The number of nitrogens with zero attached hydrogens (tertiary/aromatic N) is 3. The van der Waals surface area contributed by atoms with E-state index >= 15 is 0 Å². The number of piperidine rings is 1. The van der Waals surface area contributed by atoms with E-state index in [0.29, 0.717) is 6.54 Å². The summed E-state index contributed by atoms with van der Waals surface area (Å²) in [5, 5.41) is 4.00. The minimum atomic E-state index is -0.0287. The molecule has 0 aliphatic carbocycles. The van der Waals surface area contributed by atoms with Crippen LogP contribution in [0.2, 0.25) is 0 Å². The van der Waals surface area contributed by atoms with E-state index in [1.54, 1.807) is 11.3 Å². The van der Waals surface area contributed by atoms with Gasteiger partial charge in [0, 0.05) is 27.2 Å². The fourth-order valence-corrected chi connectivity index (χ4v) is 5.48. The molecule has 0 atom stereocenters. The highest BCUT2D eigenvalue weighted by Crippen LogP contribution is 2.33. The summed E-state index contributed by atoms with van der Waals surface area (Å²) in [6, 6.07) is 10.6. The van der Waals surface area contributed by atoms with Crippen molar-refractivity contribution in [1.29, 1.82) is 0 Å². The molecule has 1 aliphatic heterocycles. The Labute approximate surface area is 174 Å². The lowest BCUT2D eigenvalue weighted by molar-refractivity contribution is 0.0955. The van der Waals surface area contributed by atoms with E-state index in [4.69, 9.17) is 0 Å². The van der Waals surface area contributed by atoms with Crippen molar-refractivity contribution in [3.05, 3.63) is 46.3 Å². The van der Waals surface area contributed by atoms with Crippen molar-refractivity contribution in [3.8, 4) is 0 Å². The van der Waals surface area contributed by atoms with E-state index in [1.165, 1.54) is 49.3 Å². The van der Waals surface area contributed by atoms with Crippen molar-refractivity contribution in [2.45, 2.75) is 32.4 Å². The molecule has 3 heterocycles. The van der Waals surface area contributed by atoms with Crippen molar-refractivity contribution < 1.29 is 4.79 Å². The standard InChI is InChI=1S/C21H26N4OS2/c1-24(2)21-23-20-18(28-21)12-17(27-20)19(26)22-13-15-6-8-16(9-7-15)14-25-10-4-3-5-11-25/h6-9,12H,3-5,10-11,13-14H2,1-2H3,(H,22,26). The van der Waals surface area contributed by atoms with Crippen molar-refractivity contribution in [1.82, 2.24) is 15.2 Å². The van der Waals surface area contributed by atoms with Crippen LogP contribution in [0.3, 0.4) is 0 Å². The first-order valence-electron chi connectivity index (χ1n) is 9.74. The van der Waals surface area contributed by atoms with Crippen molar-refractivity contribution in [2.24, 2.45) is 0 Å². The average molecular weight is 415 g/mol. The summed E-state index contributed by atoms with van der Waals surface area (Å²) < 4.78 is 1.07. The molecule has 1 saturated heterocycles. The predicted molar refractivity (Wildman–Crippen MR) is 119 cm³/mol. The maximum atomic E-state index is 12.5. The van der Waals surface area contributed by atoms with Crippen LogP contribution in [0, 0.1) is 0 Å². The Balaban J connectivity index is 1.32. The van der Waals surface area contributed by atoms with E-state index in [1.807, 2.05) is 25.1 Å². The van der Waals surface area contributed by atoms with Crippen LogP contribution in [-0.4, -0.2) is 43.0 Å². The molecule has 5 nitrogen and oxygen atoms in total. The molecule has 3 aromatic rings. The van der Waals surface area contributed by atoms with Crippen molar-refractivity contribution in [2.75, 3.05) is 32.1 Å². The fourth-order valence-electron chi connectivity index (χ4n) is 3.43. The van der Waals surface area contributed by atoms with Gasteiger partial charge in [-0.1, -0.05) is 42.0 Å². The number of hydrogen-bond donors (Lipinski definition) is 1. The normalized spacial score (nSPS) is 15.1. The first kappa shape index (κ1) is 19.4. The molecule has 1 aliphatic rings. The molecule has 2 aromatic heterocycles. The van der Waals surface area contributed by atoms with Crippen LogP contribution in [0.25, 0.3) is 9.53 Å². The highest BCUT2D eigenvalue weighted by Gasteiger charge is 2.15. The van der Waals surface area contributed by atoms with Crippen molar-refractivity contribution in [3.63, 3.8) is 0 Å². The molecule has 1 N–H and O–H groups in total. The van der Waals surface area contributed by atoms with Crippen molar-refractivity contribution >= 4 is 43.2 Å². The van der Waals surface area contributed by atoms with Crippen LogP contribution in [0.1, 0.15) is 40.1 Å². The van der Waals surface area contributed by atoms with Crippen LogP contribution < -0.4 is 10.2 Å². The van der Waals surface area contributed by atoms with Crippen LogP contribution in [0.15, 0.2) is 30.3 Å². The molecule has 1 fully saturated rings. The Hall–Kier alpha value is -1.96. The van der Waals surface area contributed by atoms with Gasteiger partial charge >= 0.3 is 0 Å². The van der Waals surface area contributed by atoms with E-state index < -0.39 is 0 Å². The zero-order chi connectivity index (χ0) is 19.5. The lowest BCUT2D eigenvalue weighted by Gasteiger charge is -2.26. The number of hydrogen-bond acceptors (Lipinski definition) is 6. The molecule has 0 unspecified atom stereocenters. The quantitative estimate of drug-likeness (QED) is 0.652. The number of nitrogens with one attached hydrogen (secondary N) is 1. The first-order valence-corrected chi connectivity index (χ1v) is 11.4. The average Bonchev–Trinajstić information content (AvgIpc) is 3.27.